The van der Waals surface area contributed by atoms with E-state index < -0.39 is 10.4 Å². The first-order chi connectivity index (χ1) is 8.41. The molecule has 0 bridgehead atoms. The molecule has 7 nitrogen and oxygen atoms in total. The maximum atomic E-state index is 9.33. The van der Waals surface area contributed by atoms with Crippen molar-refractivity contribution >= 4 is 10.4 Å². The fourth-order valence-corrected chi connectivity index (χ4v) is 1.08. The lowest BCUT2D eigenvalue weighted by atomic mass is 10.2. The molecular weight excluding hydrogens is 260 g/mol. The molecule has 0 aliphatic rings. The van der Waals surface area contributed by atoms with Crippen molar-refractivity contribution in [3.63, 3.8) is 0 Å². The Morgan fingerprint density at radius 1 is 1.28 bits per heavy atom. The van der Waals surface area contributed by atoms with Crippen LogP contribution < -0.4 is 5.43 Å². The van der Waals surface area contributed by atoms with Crippen molar-refractivity contribution in [3.8, 4) is 0 Å². The molecule has 0 aliphatic carbocycles. The van der Waals surface area contributed by atoms with Gasteiger partial charge in [-0.1, -0.05) is 26.7 Å². The zero-order valence-electron chi connectivity index (χ0n) is 11.4. The largest absolute Gasteiger partial charge is 0.397 e. The summed E-state index contributed by atoms with van der Waals surface area (Å²) in [5.41, 5.74) is 3.28. The van der Waals surface area contributed by atoms with Crippen LogP contribution in [0.25, 0.3) is 0 Å². The molecular formula is C10H26N2O5S. The van der Waals surface area contributed by atoms with Crippen LogP contribution in [0, 0.1) is 0 Å². The van der Waals surface area contributed by atoms with Gasteiger partial charge >= 0.3 is 10.4 Å². The molecule has 0 spiro atoms. The summed E-state index contributed by atoms with van der Waals surface area (Å²) in [6.07, 6.45) is 3.76. The van der Waals surface area contributed by atoms with Crippen LogP contribution in [0.5, 0.6) is 0 Å². The standard InChI is InChI=1S/C9H22N2O.CH4O4S/c1-3-5-6-7-10-11(4-2)8-9-12;1-5-6(2,3)4/h10,12H,3-9H2,1-2H3;1H3,(H,2,3,4). The number of aliphatic hydroxyl groups is 1. The second-order valence-corrected chi connectivity index (χ2v) is 4.70. The van der Waals surface area contributed by atoms with Gasteiger partial charge in [0.25, 0.3) is 0 Å². The number of hydrogen-bond acceptors (Lipinski definition) is 6. The number of aliphatic hydroxyl groups excluding tert-OH is 1. The zero-order chi connectivity index (χ0) is 14.4. The summed E-state index contributed by atoms with van der Waals surface area (Å²) in [7, 11) is -3.29. The van der Waals surface area contributed by atoms with E-state index in [0.29, 0.717) is 0 Å². The Bertz CT molecular complexity index is 259. The van der Waals surface area contributed by atoms with E-state index in [-0.39, 0.29) is 6.61 Å². The maximum Gasteiger partial charge on any atom is 0.397 e. The van der Waals surface area contributed by atoms with Crippen LogP contribution in [-0.4, -0.2) is 56.4 Å². The summed E-state index contributed by atoms with van der Waals surface area (Å²) >= 11 is 0. The Kier molecular flexibility index (Phi) is 14.7. The minimum absolute atomic E-state index is 0.231. The van der Waals surface area contributed by atoms with E-state index in [2.05, 4.69) is 28.5 Å². The van der Waals surface area contributed by atoms with E-state index >= 15 is 0 Å². The molecule has 0 aromatic heterocycles. The van der Waals surface area contributed by atoms with Crippen molar-refractivity contribution in [2.45, 2.75) is 33.1 Å². The molecule has 0 aliphatic heterocycles. The van der Waals surface area contributed by atoms with Crippen LogP contribution in [-0.2, 0) is 14.6 Å². The van der Waals surface area contributed by atoms with Gasteiger partial charge in [0.15, 0.2) is 0 Å². The van der Waals surface area contributed by atoms with Crippen LogP contribution in [0.2, 0.25) is 0 Å². The van der Waals surface area contributed by atoms with E-state index in [4.69, 9.17) is 9.66 Å². The third kappa shape index (κ3) is 18.1. The van der Waals surface area contributed by atoms with E-state index in [9.17, 15) is 8.42 Å². The van der Waals surface area contributed by atoms with E-state index in [1.807, 2.05) is 0 Å². The third-order valence-electron chi connectivity index (χ3n) is 2.08. The summed E-state index contributed by atoms with van der Waals surface area (Å²) in [6, 6.07) is 0. The van der Waals surface area contributed by atoms with Crippen molar-refractivity contribution in [2.24, 2.45) is 0 Å². The summed E-state index contributed by atoms with van der Waals surface area (Å²) in [5, 5.41) is 10.7. The molecule has 0 amide bonds. The molecule has 0 radical (unpaired) electrons. The summed E-state index contributed by atoms with van der Waals surface area (Å²) in [4.78, 5) is 0. The monoisotopic (exact) mass is 286 g/mol. The van der Waals surface area contributed by atoms with E-state index in [0.717, 1.165) is 26.7 Å². The molecule has 112 valence electrons. The molecule has 0 fully saturated rings. The Morgan fingerprint density at radius 2 is 1.83 bits per heavy atom. The maximum absolute atomic E-state index is 9.33. The van der Waals surface area contributed by atoms with Gasteiger partial charge in [-0.2, -0.15) is 8.42 Å². The molecule has 0 rings (SSSR count). The van der Waals surface area contributed by atoms with Gasteiger partial charge in [0, 0.05) is 19.6 Å². The summed E-state index contributed by atoms with van der Waals surface area (Å²) < 4.78 is 29.7. The van der Waals surface area contributed by atoms with Crippen molar-refractivity contribution in [1.82, 2.24) is 10.4 Å². The Labute approximate surface area is 110 Å². The highest BCUT2D eigenvalue weighted by Crippen LogP contribution is 1.91. The number of unbranched alkanes of at least 4 members (excludes halogenated alkanes) is 2. The highest BCUT2D eigenvalue weighted by molar-refractivity contribution is 7.80. The Morgan fingerprint density at radius 3 is 2.17 bits per heavy atom. The predicted molar refractivity (Wildman–Crippen MR) is 70.4 cm³/mol. The van der Waals surface area contributed by atoms with Gasteiger partial charge in [-0.05, 0) is 6.42 Å². The lowest BCUT2D eigenvalue weighted by Gasteiger charge is -2.20. The van der Waals surface area contributed by atoms with Crippen LogP contribution in [0.15, 0.2) is 0 Å². The fraction of sp³-hybridized carbons (Fsp3) is 1.00. The Hall–Kier alpha value is -0.250. The second-order valence-electron chi connectivity index (χ2n) is 3.51. The molecule has 0 saturated heterocycles. The van der Waals surface area contributed by atoms with E-state index in [1.54, 1.807) is 0 Å². The molecule has 3 N–H and O–H groups in total. The van der Waals surface area contributed by atoms with Gasteiger partial charge in [-0.15, -0.1) is 0 Å². The quantitative estimate of drug-likeness (QED) is 0.321. The van der Waals surface area contributed by atoms with Gasteiger partial charge in [-0.25, -0.2) is 5.01 Å². The van der Waals surface area contributed by atoms with Gasteiger partial charge in [0.05, 0.1) is 13.7 Å². The van der Waals surface area contributed by atoms with Gasteiger partial charge < -0.3 is 5.11 Å². The Balaban J connectivity index is 0. The highest BCUT2D eigenvalue weighted by atomic mass is 32.3. The lowest BCUT2D eigenvalue weighted by molar-refractivity contribution is 0.149. The van der Waals surface area contributed by atoms with Crippen LogP contribution in [0.1, 0.15) is 33.1 Å². The first-order valence-electron chi connectivity index (χ1n) is 6.03. The predicted octanol–water partition coefficient (Wildman–Crippen LogP) is 0.431. The van der Waals surface area contributed by atoms with E-state index in [1.165, 1.54) is 19.3 Å². The minimum Gasteiger partial charge on any atom is -0.395 e. The fourth-order valence-electron chi connectivity index (χ4n) is 1.08. The molecule has 18 heavy (non-hydrogen) atoms. The number of hydrogen-bond donors (Lipinski definition) is 3. The zero-order valence-corrected chi connectivity index (χ0v) is 12.2. The van der Waals surface area contributed by atoms with Crippen molar-refractivity contribution < 1.29 is 22.3 Å². The van der Waals surface area contributed by atoms with Crippen molar-refractivity contribution in [2.75, 3.05) is 33.4 Å². The van der Waals surface area contributed by atoms with Gasteiger partial charge in [0.1, 0.15) is 0 Å². The number of nitrogens with zero attached hydrogens (tertiary/aromatic N) is 1. The molecule has 0 heterocycles. The first kappa shape index (κ1) is 20.1. The molecule has 0 saturated carbocycles. The normalized spacial score (nSPS) is 11.2. The number of hydrazine groups is 1. The van der Waals surface area contributed by atoms with Crippen LogP contribution >= 0.6 is 0 Å². The molecule has 0 aromatic rings. The number of nitrogens with one attached hydrogen (secondary N) is 1. The SMILES string of the molecule is CCCCCNN(CC)CCO.COS(=O)(=O)O. The first-order valence-corrected chi connectivity index (χ1v) is 7.40. The van der Waals surface area contributed by atoms with Crippen molar-refractivity contribution in [3.05, 3.63) is 0 Å². The number of rotatable bonds is 9. The number of likely N-dealkylation sites (N-methyl/N-ethyl adjacent to an activating group) is 1. The molecule has 0 atom stereocenters. The topological polar surface area (TPSA) is 99.1 Å². The second kappa shape index (κ2) is 13.2. The average Bonchev–Trinajstić information content (AvgIpc) is 2.33. The summed E-state index contributed by atoms with van der Waals surface area (Å²) in [6.45, 7) is 7.22. The third-order valence-corrected chi connectivity index (χ3v) is 2.50. The average molecular weight is 286 g/mol. The van der Waals surface area contributed by atoms with Crippen LogP contribution in [0.4, 0.5) is 0 Å². The summed E-state index contributed by atoms with van der Waals surface area (Å²) in [5.74, 6) is 0. The molecule has 0 aromatic carbocycles. The smallest absolute Gasteiger partial charge is 0.395 e. The minimum atomic E-state index is -4.16. The van der Waals surface area contributed by atoms with Gasteiger partial charge in [-0.3, -0.25) is 14.2 Å². The molecule has 0 unspecified atom stereocenters. The van der Waals surface area contributed by atoms with Gasteiger partial charge in [0.2, 0.25) is 0 Å². The van der Waals surface area contributed by atoms with Crippen LogP contribution in [0.3, 0.4) is 0 Å². The molecule has 8 heteroatoms. The van der Waals surface area contributed by atoms with Crippen molar-refractivity contribution in [1.29, 1.82) is 0 Å². The lowest BCUT2D eigenvalue weighted by Crippen LogP contribution is -2.40. The highest BCUT2D eigenvalue weighted by Gasteiger charge is 1.97.